The number of nitrogens with one attached hydrogen (secondary N) is 1. The zero-order valence-electron chi connectivity index (χ0n) is 12.5. The van der Waals surface area contributed by atoms with E-state index in [4.69, 9.17) is 0 Å². The van der Waals surface area contributed by atoms with Gasteiger partial charge in [0.25, 0.3) is 0 Å². The third kappa shape index (κ3) is 4.75. The molecule has 1 amide bonds. The Morgan fingerprint density at radius 2 is 2.19 bits per heavy atom. The molecule has 2 rings (SSSR count). The molecule has 0 fully saturated rings. The van der Waals surface area contributed by atoms with Crippen molar-refractivity contribution < 1.29 is 4.79 Å². The van der Waals surface area contributed by atoms with Crippen LogP contribution in [0.2, 0.25) is 0 Å². The van der Waals surface area contributed by atoms with Crippen molar-refractivity contribution in [1.29, 1.82) is 0 Å². The highest BCUT2D eigenvalue weighted by Crippen LogP contribution is 2.17. The average Bonchev–Trinajstić information content (AvgIpc) is 3.02. The van der Waals surface area contributed by atoms with Crippen LogP contribution in [0, 0.1) is 13.8 Å². The zero-order chi connectivity index (χ0) is 15.2. The van der Waals surface area contributed by atoms with Gasteiger partial charge in [-0.25, -0.2) is 9.97 Å². The van der Waals surface area contributed by atoms with Crippen LogP contribution in [0.1, 0.15) is 33.2 Å². The van der Waals surface area contributed by atoms with E-state index in [0.717, 1.165) is 28.6 Å². The summed E-state index contributed by atoms with van der Waals surface area (Å²) in [5.41, 5.74) is 2.00. The first-order valence-corrected chi connectivity index (χ1v) is 8.61. The Morgan fingerprint density at radius 1 is 1.38 bits per heavy atom. The van der Waals surface area contributed by atoms with Crippen molar-refractivity contribution in [2.45, 2.75) is 33.6 Å². The number of rotatable bonds is 6. The van der Waals surface area contributed by atoms with Crippen molar-refractivity contribution in [2.75, 3.05) is 6.54 Å². The monoisotopic (exact) mass is 321 g/mol. The number of thiazole rings is 2. The van der Waals surface area contributed by atoms with Crippen LogP contribution >= 0.6 is 22.7 Å². The van der Waals surface area contributed by atoms with Crippen molar-refractivity contribution in [1.82, 2.24) is 15.3 Å². The second kappa shape index (κ2) is 7.47. The molecule has 6 heteroatoms. The van der Waals surface area contributed by atoms with Gasteiger partial charge in [0.05, 0.1) is 21.4 Å². The van der Waals surface area contributed by atoms with E-state index in [9.17, 15) is 4.79 Å². The van der Waals surface area contributed by atoms with Crippen LogP contribution in [0.3, 0.4) is 0 Å². The lowest BCUT2D eigenvalue weighted by Crippen LogP contribution is -2.23. The fourth-order valence-electron chi connectivity index (χ4n) is 1.89. The first kappa shape index (κ1) is 15.9. The van der Waals surface area contributed by atoms with Crippen LogP contribution in [-0.2, 0) is 17.6 Å². The molecular weight excluding hydrogens is 302 g/mol. The first-order valence-electron chi connectivity index (χ1n) is 6.91. The van der Waals surface area contributed by atoms with Crippen molar-refractivity contribution in [2.24, 2.45) is 0 Å². The maximum absolute atomic E-state index is 11.7. The topological polar surface area (TPSA) is 54.9 Å². The SMILES string of the molecule is CCc1nc(CCNC(=O)/C=C/c2csc(C)n2)sc1C. The van der Waals surface area contributed by atoms with Gasteiger partial charge in [-0.15, -0.1) is 22.7 Å². The van der Waals surface area contributed by atoms with Crippen LogP contribution in [0.5, 0.6) is 0 Å². The third-order valence-corrected chi connectivity index (χ3v) is 4.82. The highest BCUT2D eigenvalue weighted by Gasteiger charge is 2.05. The van der Waals surface area contributed by atoms with Crippen LogP contribution in [-0.4, -0.2) is 22.4 Å². The van der Waals surface area contributed by atoms with Gasteiger partial charge in [0.1, 0.15) is 0 Å². The molecule has 2 aromatic heterocycles. The van der Waals surface area contributed by atoms with Crippen LogP contribution in [0.4, 0.5) is 0 Å². The summed E-state index contributed by atoms with van der Waals surface area (Å²) in [4.78, 5) is 21.8. The molecule has 0 radical (unpaired) electrons. The van der Waals surface area contributed by atoms with Crippen molar-refractivity contribution >= 4 is 34.7 Å². The van der Waals surface area contributed by atoms with Gasteiger partial charge in [0, 0.05) is 29.3 Å². The molecule has 2 heterocycles. The zero-order valence-corrected chi connectivity index (χ0v) is 14.1. The number of carbonyl (C=O) groups excluding carboxylic acids is 1. The third-order valence-electron chi connectivity index (χ3n) is 2.95. The number of aromatic nitrogens is 2. The van der Waals surface area contributed by atoms with E-state index in [1.54, 1.807) is 28.7 Å². The normalized spacial score (nSPS) is 11.2. The smallest absolute Gasteiger partial charge is 0.244 e. The number of amides is 1. The molecule has 1 N–H and O–H groups in total. The van der Waals surface area contributed by atoms with Gasteiger partial charge in [-0.2, -0.15) is 0 Å². The number of carbonyl (C=O) groups is 1. The molecule has 112 valence electrons. The minimum absolute atomic E-state index is 0.0929. The molecule has 0 aliphatic carbocycles. The predicted molar refractivity (Wildman–Crippen MR) is 88.8 cm³/mol. The standard InChI is InChI=1S/C15H19N3OS2/c1-4-13-10(2)21-15(18-13)7-8-16-14(19)6-5-12-9-20-11(3)17-12/h5-6,9H,4,7-8H2,1-3H3,(H,16,19)/b6-5+. The molecule has 0 unspecified atom stereocenters. The second-order valence-corrected chi connectivity index (χ2v) is 6.98. The van der Waals surface area contributed by atoms with Gasteiger partial charge in [-0.05, 0) is 26.3 Å². The minimum Gasteiger partial charge on any atom is -0.352 e. The lowest BCUT2D eigenvalue weighted by atomic mass is 10.3. The molecule has 0 saturated heterocycles. The lowest BCUT2D eigenvalue weighted by molar-refractivity contribution is -0.116. The molecule has 4 nitrogen and oxygen atoms in total. The maximum atomic E-state index is 11.7. The summed E-state index contributed by atoms with van der Waals surface area (Å²) in [5, 5.41) is 6.89. The first-order chi connectivity index (χ1) is 10.1. The molecule has 0 atom stereocenters. The highest BCUT2D eigenvalue weighted by molar-refractivity contribution is 7.11. The molecule has 0 aromatic carbocycles. The molecule has 0 bridgehead atoms. The van der Waals surface area contributed by atoms with Gasteiger partial charge in [0.2, 0.25) is 5.91 Å². The Balaban J connectivity index is 1.77. The van der Waals surface area contributed by atoms with E-state index >= 15 is 0 Å². The molecule has 0 spiro atoms. The number of hydrogen-bond donors (Lipinski definition) is 1. The number of aryl methyl sites for hydroxylation is 3. The Labute approximate surface area is 133 Å². The van der Waals surface area contributed by atoms with E-state index in [1.165, 1.54) is 16.6 Å². The molecule has 0 aliphatic heterocycles. The van der Waals surface area contributed by atoms with E-state index in [-0.39, 0.29) is 5.91 Å². The summed E-state index contributed by atoms with van der Waals surface area (Å²) in [6, 6.07) is 0. The molecule has 2 aromatic rings. The van der Waals surface area contributed by atoms with Crippen LogP contribution < -0.4 is 5.32 Å². The lowest BCUT2D eigenvalue weighted by Gasteiger charge is -1.99. The van der Waals surface area contributed by atoms with Crippen LogP contribution in [0.15, 0.2) is 11.5 Å². The number of nitrogens with zero attached hydrogens (tertiary/aromatic N) is 2. The van der Waals surface area contributed by atoms with E-state index in [1.807, 2.05) is 12.3 Å². The second-order valence-electron chi connectivity index (χ2n) is 4.63. The van der Waals surface area contributed by atoms with Crippen molar-refractivity contribution in [3.05, 3.63) is 37.7 Å². The summed E-state index contributed by atoms with van der Waals surface area (Å²) in [6.45, 7) is 6.76. The Morgan fingerprint density at radius 3 is 2.81 bits per heavy atom. The van der Waals surface area contributed by atoms with Gasteiger partial charge in [-0.3, -0.25) is 4.79 Å². The van der Waals surface area contributed by atoms with Gasteiger partial charge < -0.3 is 5.32 Å². The highest BCUT2D eigenvalue weighted by atomic mass is 32.1. The Bertz CT molecular complexity index is 643. The van der Waals surface area contributed by atoms with Crippen molar-refractivity contribution in [3.8, 4) is 0 Å². The summed E-state index contributed by atoms with van der Waals surface area (Å²) < 4.78 is 0. The molecule has 0 saturated carbocycles. The fourth-order valence-corrected chi connectivity index (χ4v) is 3.49. The quantitative estimate of drug-likeness (QED) is 0.832. The number of hydrogen-bond acceptors (Lipinski definition) is 5. The predicted octanol–water partition coefficient (Wildman–Crippen LogP) is 3.15. The van der Waals surface area contributed by atoms with E-state index in [2.05, 4.69) is 29.1 Å². The maximum Gasteiger partial charge on any atom is 0.244 e. The van der Waals surface area contributed by atoms with E-state index < -0.39 is 0 Å². The molecule has 21 heavy (non-hydrogen) atoms. The van der Waals surface area contributed by atoms with Gasteiger partial charge in [-0.1, -0.05) is 6.92 Å². The average molecular weight is 321 g/mol. The summed E-state index contributed by atoms with van der Waals surface area (Å²) >= 11 is 3.29. The Hall–Kier alpha value is -1.53. The Kier molecular flexibility index (Phi) is 5.64. The molecular formula is C15H19N3OS2. The van der Waals surface area contributed by atoms with Gasteiger partial charge in [0.15, 0.2) is 0 Å². The summed E-state index contributed by atoms with van der Waals surface area (Å²) in [6.07, 6.45) is 5.01. The summed E-state index contributed by atoms with van der Waals surface area (Å²) in [5.74, 6) is -0.0929. The van der Waals surface area contributed by atoms with Gasteiger partial charge >= 0.3 is 0 Å². The minimum atomic E-state index is -0.0929. The van der Waals surface area contributed by atoms with Crippen molar-refractivity contribution in [3.63, 3.8) is 0 Å². The largest absolute Gasteiger partial charge is 0.352 e. The van der Waals surface area contributed by atoms with Crippen LogP contribution in [0.25, 0.3) is 6.08 Å². The van der Waals surface area contributed by atoms with E-state index in [0.29, 0.717) is 6.54 Å². The molecule has 0 aliphatic rings. The fraction of sp³-hybridized carbons (Fsp3) is 0.400. The summed E-state index contributed by atoms with van der Waals surface area (Å²) in [7, 11) is 0.